The first-order valence-electron chi connectivity index (χ1n) is 10.8. The lowest BCUT2D eigenvalue weighted by molar-refractivity contribution is -0.116. The predicted molar refractivity (Wildman–Crippen MR) is 123 cm³/mol. The summed E-state index contributed by atoms with van der Waals surface area (Å²) in [6, 6.07) is 14.1. The zero-order valence-corrected chi connectivity index (χ0v) is 18.6. The average molecular weight is 425 g/mol. The van der Waals surface area contributed by atoms with Gasteiger partial charge in [0.25, 0.3) is 0 Å². The summed E-state index contributed by atoms with van der Waals surface area (Å²) < 4.78 is 16.7. The second kappa shape index (κ2) is 11.5. The van der Waals surface area contributed by atoms with Crippen LogP contribution in [0.15, 0.2) is 48.5 Å². The van der Waals surface area contributed by atoms with Crippen molar-refractivity contribution in [1.82, 2.24) is 10.2 Å². The molecule has 1 heterocycles. The zero-order chi connectivity index (χ0) is 22.1. The van der Waals surface area contributed by atoms with Crippen LogP contribution in [0.3, 0.4) is 0 Å². The van der Waals surface area contributed by atoms with Crippen LogP contribution in [0, 0.1) is 6.92 Å². The molecule has 0 aliphatic carbocycles. The van der Waals surface area contributed by atoms with Crippen molar-refractivity contribution in [3.8, 4) is 11.5 Å². The molecule has 0 aromatic heterocycles. The highest BCUT2D eigenvalue weighted by Crippen LogP contribution is 2.32. The van der Waals surface area contributed by atoms with Crippen LogP contribution in [-0.2, 0) is 9.53 Å². The lowest BCUT2D eigenvalue weighted by Gasteiger charge is -2.35. The maximum Gasteiger partial charge on any atom is 0.244 e. The Hall–Kier alpha value is -2.83. The Balaban J connectivity index is 1.72. The molecule has 1 saturated heterocycles. The van der Waals surface area contributed by atoms with Crippen LogP contribution >= 0.6 is 0 Å². The van der Waals surface area contributed by atoms with E-state index < -0.39 is 0 Å². The minimum atomic E-state index is -0.113. The smallest absolute Gasteiger partial charge is 0.244 e. The quantitative estimate of drug-likeness (QED) is 0.623. The molecule has 0 saturated carbocycles. The van der Waals surface area contributed by atoms with E-state index in [0.29, 0.717) is 32.1 Å². The van der Waals surface area contributed by atoms with Gasteiger partial charge in [-0.15, -0.1) is 0 Å². The molecule has 6 heteroatoms. The summed E-state index contributed by atoms with van der Waals surface area (Å²) in [5, 5.41) is 3.06. The van der Waals surface area contributed by atoms with Gasteiger partial charge < -0.3 is 19.5 Å². The van der Waals surface area contributed by atoms with E-state index in [1.54, 1.807) is 13.2 Å². The second-order valence-electron chi connectivity index (χ2n) is 7.50. The van der Waals surface area contributed by atoms with Crippen molar-refractivity contribution in [3.63, 3.8) is 0 Å². The molecule has 2 aromatic rings. The molecule has 3 rings (SSSR count). The summed E-state index contributed by atoms with van der Waals surface area (Å²) >= 11 is 0. The Bertz CT molecular complexity index is 891. The lowest BCUT2D eigenvalue weighted by atomic mass is 10.0. The number of morpholine rings is 1. The fourth-order valence-corrected chi connectivity index (χ4v) is 3.72. The molecule has 0 spiro atoms. The summed E-state index contributed by atoms with van der Waals surface area (Å²) in [7, 11) is 1.64. The molecule has 1 aliphatic rings. The second-order valence-corrected chi connectivity index (χ2v) is 7.50. The number of nitrogens with zero attached hydrogens (tertiary/aromatic N) is 1. The van der Waals surface area contributed by atoms with Gasteiger partial charge in [0.05, 0.1) is 33.0 Å². The summed E-state index contributed by atoms with van der Waals surface area (Å²) in [6.45, 7) is 8.06. The fourth-order valence-electron chi connectivity index (χ4n) is 3.72. The number of ether oxygens (including phenoxy) is 3. The molecular formula is C25H32N2O4. The van der Waals surface area contributed by atoms with Crippen molar-refractivity contribution in [2.45, 2.75) is 19.9 Å². The van der Waals surface area contributed by atoms with Crippen LogP contribution in [-0.4, -0.2) is 57.4 Å². The van der Waals surface area contributed by atoms with Gasteiger partial charge in [0.15, 0.2) is 11.5 Å². The average Bonchev–Trinajstić information content (AvgIpc) is 2.79. The van der Waals surface area contributed by atoms with Crippen LogP contribution < -0.4 is 14.8 Å². The van der Waals surface area contributed by atoms with Crippen molar-refractivity contribution in [3.05, 3.63) is 65.2 Å². The number of hydrogen-bond acceptors (Lipinski definition) is 5. The molecule has 6 nitrogen and oxygen atoms in total. The first kappa shape index (κ1) is 22.8. The van der Waals surface area contributed by atoms with Gasteiger partial charge in [-0.25, -0.2) is 0 Å². The normalized spacial score (nSPS) is 15.6. The first-order chi connectivity index (χ1) is 15.1. The van der Waals surface area contributed by atoms with E-state index in [1.807, 2.05) is 62.4 Å². The molecule has 1 N–H and O–H groups in total. The maximum atomic E-state index is 12.5. The van der Waals surface area contributed by atoms with Gasteiger partial charge in [0.2, 0.25) is 5.91 Å². The van der Waals surface area contributed by atoms with E-state index in [4.69, 9.17) is 14.2 Å². The largest absolute Gasteiger partial charge is 0.493 e. The number of rotatable bonds is 9. The summed E-state index contributed by atoms with van der Waals surface area (Å²) in [5.74, 6) is 1.31. The van der Waals surface area contributed by atoms with Crippen molar-refractivity contribution in [1.29, 1.82) is 0 Å². The third-order valence-corrected chi connectivity index (χ3v) is 5.30. The Morgan fingerprint density at radius 1 is 1.19 bits per heavy atom. The zero-order valence-electron chi connectivity index (χ0n) is 18.6. The van der Waals surface area contributed by atoms with Crippen molar-refractivity contribution >= 4 is 12.0 Å². The van der Waals surface area contributed by atoms with E-state index in [-0.39, 0.29) is 11.9 Å². The number of carbonyl (C=O) groups is 1. The van der Waals surface area contributed by atoms with Gasteiger partial charge in [-0.2, -0.15) is 0 Å². The summed E-state index contributed by atoms with van der Waals surface area (Å²) in [4.78, 5) is 14.8. The highest BCUT2D eigenvalue weighted by Gasteiger charge is 2.24. The third-order valence-electron chi connectivity index (χ3n) is 5.30. The van der Waals surface area contributed by atoms with Crippen molar-refractivity contribution in [2.75, 3.05) is 46.6 Å². The number of methoxy groups -OCH3 is 1. The first-order valence-corrected chi connectivity index (χ1v) is 10.8. The highest BCUT2D eigenvalue weighted by molar-refractivity contribution is 5.91. The molecule has 166 valence electrons. The SMILES string of the molecule is CCOc1ccc(C(CNC(=O)/C=C/c2cccc(C)c2)N2CCOCC2)cc1OC. The number of hydrogen-bond donors (Lipinski definition) is 1. The molecule has 0 bridgehead atoms. The Labute approximate surface area is 184 Å². The van der Waals surface area contributed by atoms with Crippen molar-refractivity contribution < 1.29 is 19.0 Å². The van der Waals surface area contributed by atoms with Gasteiger partial charge in [0.1, 0.15) is 0 Å². The molecule has 1 unspecified atom stereocenters. The highest BCUT2D eigenvalue weighted by atomic mass is 16.5. The number of carbonyl (C=O) groups excluding carboxylic acids is 1. The Morgan fingerprint density at radius 2 is 2.00 bits per heavy atom. The molecular weight excluding hydrogens is 392 g/mol. The van der Waals surface area contributed by atoms with Crippen molar-refractivity contribution in [2.24, 2.45) is 0 Å². The van der Waals surface area contributed by atoms with Crippen LogP contribution in [0.5, 0.6) is 11.5 Å². The molecule has 1 atom stereocenters. The monoisotopic (exact) mass is 424 g/mol. The van der Waals surface area contributed by atoms with E-state index in [9.17, 15) is 4.79 Å². The molecule has 31 heavy (non-hydrogen) atoms. The topological polar surface area (TPSA) is 60.0 Å². The van der Waals surface area contributed by atoms with E-state index in [1.165, 1.54) is 5.56 Å². The van der Waals surface area contributed by atoms with E-state index >= 15 is 0 Å². The lowest BCUT2D eigenvalue weighted by Crippen LogP contribution is -2.43. The number of aryl methyl sites for hydroxylation is 1. The predicted octanol–water partition coefficient (Wildman–Crippen LogP) is 3.61. The number of nitrogens with one attached hydrogen (secondary N) is 1. The number of amides is 1. The van der Waals surface area contributed by atoms with E-state index in [2.05, 4.69) is 10.2 Å². The molecule has 2 aromatic carbocycles. The van der Waals surface area contributed by atoms with Crippen LogP contribution in [0.1, 0.15) is 29.7 Å². The minimum Gasteiger partial charge on any atom is -0.493 e. The molecule has 1 fully saturated rings. The molecule has 1 amide bonds. The third kappa shape index (κ3) is 6.57. The van der Waals surface area contributed by atoms with Gasteiger partial charge in [-0.3, -0.25) is 9.69 Å². The number of benzene rings is 2. The Morgan fingerprint density at radius 3 is 2.71 bits per heavy atom. The Kier molecular flexibility index (Phi) is 8.50. The standard InChI is InChI=1S/C25H32N2O4/c1-4-31-23-10-9-21(17-24(23)29-3)22(27-12-14-30-15-13-27)18-26-25(28)11-8-20-7-5-6-19(2)16-20/h5-11,16-17,22H,4,12-15,18H2,1-3H3,(H,26,28)/b11-8+. The fraction of sp³-hybridized carbons (Fsp3) is 0.400. The molecule has 1 aliphatic heterocycles. The van der Waals surface area contributed by atoms with Gasteiger partial charge >= 0.3 is 0 Å². The maximum absolute atomic E-state index is 12.5. The van der Waals surface area contributed by atoms with Gasteiger partial charge in [-0.05, 0) is 43.2 Å². The van der Waals surface area contributed by atoms with E-state index in [0.717, 1.165) is 30.0 Å². The van der Waals surface area contributed by atoms with Gasteiger partial charge in [0, 0.05) is 25.7 Å². The van der Waals surface area contributed by atoms with Crippen LogP contribution in [0.25, 0.3) is 6.08 Å². The van der Waals surface area contributed by atoms with Gasteiger partial charge in [-0.1, -0.05) is 35.9 Å². The van der Waals surface area contributed by atoms with Crippen LogP contribution in [0.2, 0.25) is 0 Å². The minimum absolute atomic E-state index is 0.0183. The summed E-state index contributed by atoms with van der Waals surface area (Å²) in [6.07, 6.45) is 3.43. The molecule has 0 radical (unpaired) electrons. The summed E-state index contributed by atoms with van der Waals surface area (Å²) in [5.41, 5.74) is 3.25. The van der Waals surface area contributed by atoms with Crippen LogP contribution in [0.4, 0.5) is 0 Å².